The Morgan fingerprint density at radius 2 is 2.08 bits per heavy atom. The molecule has 1 aromatic carbocycles. The van der Waals surface area contributed by atoms with E-state index in [1.54, 1.807) is 6.07 Å². The number of amides is 1. The molecule has 0 aliphatic carbocycles. The highest BCUT2D eigenvalue weighted by atomic mass is 35.5. The van der Waals surface area contributed by atoms with Crippen LogP contribution in [-0.2, 0) is 6.54 Å². The van der Waals surface area contributed by atoms with Crippen LogP contribution in [0.1, 0.15) is 22.6 Å². The maximum atomic E-state index is 12.7. The minimum Gasteiger partial charge on any atom is -0.288 e. The summed E-state index contributed by atoms with van der Waals surface area (Å²) < 4.78 is 27.2. The normalized spacial score (nSPS) is 11.0. The van der Waals surface area contributed by atoms with E-state index in [-0.39, 0.29) is 11.6 Å². The second-order valence-electron chi connectivity index (χ2n) is 4.75. The maximum absolute atomic E-state index is 12.7. The summed E-state index contributed by atoms with van der Waals surface area (Å²) in [4.78, 5) is 15.9. The fourth-order valence-electron chi connectivity index (χ4n) is 2.04. The van der Waals surface area contributed by atoms with Gasteiger partial charge in [-0.2, -0.15) is 18.6 Å². The summed E-state index contributed by atoms with van der Waals surface area (Å²) in [6, 6.07) is 8.42. The van der Waals surface area contributed by atoms with Crippen molar-refractivity contribution in [3.63, 3.8) is 0 Å². The van der Waals surface area contributed by atoms with E-state index in [2.05, 4.69) is 20.5 Å². The van der Waals surface area contributed by atoms with Crippen LogP contribution in [0.15, 0.2) is 42.9 Å². The number of nitrogens with zero attached hydrogens (tertiary/aromatic N) is 5. The molecule has 0 spiro atoms. The molecule has 0 aliphatic rings. The van der Waals surface area contributed by atoms with E-state index in [1.807, 2.05) is 18.2 Å². The van der Waals surface area contributed by atoms with Crippen molar-refractivity contribution in [2.75, 3.05) is 5.32 Å². The number of rotatable bonds is 5. The predicted octanol–water partition coefficient (Wildman–Crippen LogP) is 2.82. The molecule has 7 nitrogen and oxygen atoms in total. The first-order chi connectivity index (χ1) is 11.5. The summed E-state index contributed by atoms with van der Waals surface area (Å²) in [6.45, 7) is -2.55. The number of anilines is 1. The molecule has 0 fully saturated rings. The minimum atomic E-state index is -2.91. The smallest absolute Gasteiger partial charge is 0.288 e. The molecule has 3 rings (SSSR count). The molecule has 0 saturated carbocycles. The first-order valence-corrected chi connectivity index (χ1v) is 7.18. The highest BCUT2D eigenvalue weighted by Crippen LogP contribution is 2.16. The van der Waals surface area contributed by atoms with Crippen LogP contribution in [-0.4, -0.2) is 30.5 Å². The second kappa shape index (κ2) is 6.75. The van der Waals surface area contributed by atoms with Crippen LogP contribution in [0.2, 0.25) is 5.02 Å². The van der Waals surface area contributed by atoms with Crippen molar-refractivity contribution in [1.82, 2.24) is 24.5 Å². The van der Waals surface area contributed by atoms with Crippen molar-refractivity contribution >= 4 is 23.5 Å². The molecule has 1 N–H and O–H groups in total. The molecule has 0 aliphatic heterocycles. The third kappa shape index (κ3) is 3.40. The second-order valence-corrected chi connectivity index (χ2v) is 5.16. The van der Waals surface area contributed by atoms with Crippen LogP contribution in [0.3, 0.4) is 0 Å². The number of carbonyl (C=O) groups excluding carboxylic acids is 1. The number of carbonyl (C=O) groups is 1. The Labute approximate surface area is 139 Å². The number of aromatic nitrogens is 5. The lowest BCUT2D eigenvalue weighted by molar-refractivity contribution is 0.0520. The molecule has 0 radical (unpaired) electrons. The van der Waals surface area contributed by atoms with Crippen molar-refractivity contribution in [3.8, 4) is 0 Å². The molecular formula is C14H11ClF2N6O. The van der Waals surface area contributed by atoms with Crippen LogP contribution < -0.4 is 5.32 Å². The number of benzene rings is 1. The van der Waals surface area contributed by atoms with Crippen LogP contribution in [0.25, 0.3) is 0 Å². The van der Waals surface area contributed by atoms with Gasteiger partial charge < -0.3 is 0 Å². The van der Waals surface area contributed by atoms with Crippen LogP contribution >= 0.6 is 11.6 Å². The average Bonchev–Trinajstić information content (AvgIpc) is 3.19. The SMILES string of the molecule is O=C(Nc1ncn(Cc2ccccc2Cl)n1)c1ccnn1C(F)F. The molecule has 0 saturated heterocycles. The molecular weight excluding hydrogens is 342 g/mol. The zero-order chi connectivity index (χ0) is 17.1. The highest BCUT2D eigenvalue weighted by molar-refractivity contribution is 6.31. The molecule has 2 aromatic heterocycles. The third-order valence-electron chi connectivity index (χ3n) is 3.14. The standard InChI is InChI=1S/C14H11ClF2N6O/c15-10-4-2-1-3-9(10)7-22-8-18-14(21-22)20-12(24)11-5-6-19-23(11)13(16)17/h1-6,8,13H,7H2,(H,20,21,24). The van der Waals surface area contributed by atoms with E-state index in [9.17, 15) is 13.6 Å². The van der Waals surface area contributed by atoms with Gasteiger partial charge in [-0.15, -0.1) is 5.10 Å². The average molecular weight is 353 g/mol. The molecule has 0 bridgehead atoms. The predicted molar refractivity (Wildman–Crippen MR) is 82.0 cm³/mol. The third-order valence-corrected chi connectivity index (χ3v) is 3.51. The Bertz CT molecular complexity index is 862. The van der Waals surface area contributed by atoms with Gasteiger partial charge in [0.15, 0.2) is 0 Å². The Morgan fingerprint density at radius 1 is 1.29 bits per heavy atom. The van der Waals surface area contributed by atoms with E-state index < -0.39 is 12.5 Å². The van der Waals surface area contributed by atoms with Crippen molar-refractivity contribution in [2.24, 2.45) is 0 Å². The minimum absolute atomic E-state index is 0.00549. The molecule has 3 aromatic rings. The van der Waals surface area contributed by atoms with Crippen molar-refractivity contribution in [1.29, 1.82) is 0 Å². The van der Waals surface area contributed by atoms with Crippen LogP contribution in [0, 0.1) is 0 Å². The van der Waals surface area contributed by atoms with Gasteiger partial charge in [-0.1, -0.05) is 29.8 Å². The molecule has 2 heterocycles. The fraction of sp³-hybridized carbons (Fsp3) is 0.143. The van der Waals surface area contributed by atoms with E-state index in [1.165, 1.54) is 17.1 Å². The quantitative estimate of drug-likeness (QED) is 0.766. The fourth-order valence-corrected chi connectivity index (χ4v) is 2.24. The summed E-state index contributed by atoms with van der Waals surface area (Å²) in [5.41, 5.74) is 0.546. The zero-order valence-electron chi connectivity index (χ0n) is 12.1. The van der Waals surface area contributed by atoms with Crippen molar-refractivity contribution < 1.29 is 13.6 Å². The molecule has 1 amide bonds. The van der Waals surface area contributed by atoms with Gasteiger partial charge in [-0.25, -0.2) is 9.67 Å². The largest absolute Gasteiger partial charge is 0.333 e. The monoisotopic (exact) mass is 352 g/mol. The van der Waals surface area contributed by atoms with Gasteiger partial charge in [-0.3, -0.25) is 10.1 Å². The van der Waals surface area contributed by atoms with E-state index in [4.69, 9.17) is 11.6 Å². The lowest BCUT2D eigenvalue weighted by Gasteiger charge is -2.05. The Kier molecular flexibility index (Phi) is 4.52. The number of halogens is 3. The van der Waals surface area contributed by atoms with E-state index in [0.717, 1.165) is 11.8 Å². The van der Waals surface area contributed by atoms with Crippen LogP contribution in [0.5, 0.6) is 0 Å². The van der Waals surface area contributed by atoms with E-state index >= 15 is 0 Å². The topological polar surface area (TPSA) is 77.6 Å². The van der Waals surface area contributed by atoms with Crippen LogP contribution in [0.4, 0.5) is 14.7 Å². The van der Waals surface area contributed by atoms with Gasteiger partial charge in [0.25, 0.3) is 5.91 Å². The Balaban J connectivity index is 1.71. The van der Waals surface area contributed by atoms with Gasteiger partial charge in [0.2, 0.25) is 5.95 Å². The van der Waals surface area contributed by atoms with Gasteiger partial charge in [0.1, 0.15) is 12.0 Å². The zero-order valence-corrected chi connectivity index (χ0v) is 12.9. The summed E-state index contributed by atoms with van der Waals surface area (Å²) in [5, 5.41) is 10.4. The van der Waals surface area contributed by atoms with Crippen molar-refractivity contribution in [2.45, 2.75) is 13.1 Å². The Morgan fingerprint density at radius 3 is 2.83 bits per heavy atom. The summed E-state index contributed by atoms with van der Waals surface area (Å²) in [7, 11) is 0. The molecule has 0 unspecified atom stereocenters. The molecule has 24 heavy (non-hydrogen) atoms. The molecule has 10 heteroatoms. The molecule has 0 atom stereocenters. The number of alkyl halides is 2. The van der Waals surface area contributed by atoms with Gasteiger partial charge in [-0.05, 0) is 17.7 Å². The first kappa shape index (κ1) is 16.1. The first-order valence-electron chi connectivity index (χ1n) is 6.80. The van der Waals surface area contributed by atoms with Gasteiger partial charge in [0.05, 0.1) is 6.54 Å². The highest BCUT2D eigenvalue weighted by Gasteiger charge is 2.19. The maximum Gasteiger partial charge on any atom is 0.333 e. The summed E-state index contributed by atoms with van der Waals surface area (Å²) in [6.07, 6.45) is 2.52. The van der Waals surface area contributed by atoms with Gasteiger partial charge >= 0.3 is 6.55 Å². The number of hydrogen-bond donors (Lipinski definition) is 1. The summed E-state index contributed by atoms with van der Waals surface area (Å²) >= 11 is 6.07. The summed E-state index contributed by atoms with van der Waals surface area (Å²) in [5.74, 6) is -0.780. The molecule has 124 valence electrons. The van der Waals surface area contributed by atoms with Gasteiger partial charge in [0, 0.05) is 11.2 Å². The lowest BCUT2D eigenvalue weighted by Crippen LogP contribution is -2.19. The Hall–Kier alpha value is -2.81. The van der Waals surface area contributed by atoms with E-state index in [0.29, 0.717) is 16.2 Å². The number of nitrogens with one attached hydrogen (secondary N) is 1. The lowest BCUT2D eigenvalue weighted by atomic mass is 10.2. The van der Waals surface area contributed by atoms with Crippen molar-refractivity contribution in [3.05, 3.63) is 59.1 Å². The number of hydrogen-bond acceptors (Lipinski definition) is 4.